The van der Waals surface area contributed by atoms with Crippen LogP contribution in [0.25, 0.3) is 5.00 Å². The van der Waals surface area contributed by atoms with Crippen LogP contribution in [0.5, 0.6) is 5.75 Å². The molecular formula is C50H52F3N7O2S. The van der Waals surface area contributed by atoms with E-state index in [1.807, 2.05) is 11.8 Å². The summed E-state index contributed by atoms with van der Waals surface area (Å²) in [5, 5.41) is 32.0. The zero-order valence-corrected chi connectivity index (χ0v) is 36.9. The molecule has 0 spiro atoms. The normalized spacial score (nSPS) is 21.1. The summed E-state index contributed by atoms with van der Waals surface area (Å²) in [4.78, 5) is 13.1. The Morgan fingerprint density at radius 2 is 1.48 bits per heavy atom. The molecule has 63 heavy (non-hydrogen) atoms. The lowest BCUT2D eigenvalue weighted by Gasteiger charge is -2.44. The summed E-state index contributed by atoms with van der Waals surface area (Å²) in [5.41, 5.74) is 7.63. The highest BCUT2D eigenvalue weighted by atomic mass is 32.1. The number of rotatable bonds is 7. The number of anilines is 2. The first-order valence-corrected chi connectivity index (χ1v) is 22.9. The van der Waals surface area contributed by atoms with Crippen molar-refractivity contribution < 1.29 is 23.4 Å². The molecule has 4 aromatic carbocycles. The second kappa shape index (κ2) is 16.2. The third kappa shape index (κ3) is 7.61. The second-order valence-electron chi connectivity index (χ2n) is 18.0. The van der Waals surface area contributed by atoms with Gasteiger partial charge >= 0.3 is 0 Å². The van der Waals surface area contributed by atoms with Gasteiger partial charge in [0.15, 0.2) is 5.82 Å². The largest absolute Gasteiger partial charge is 0.508 e. The third-order valence-electron chi connectivity index (χ3n) is 14.1. The minimum atomic E-state index is -0.833. The zero-order valence-electron chi connectivity index (χ0n) is 36.1. The quantitative estimate of drug-likeness (QED) is 0.165. The van der Waals surface area contributed by atoms with E-state index in [1.54, 1.807) is 41.7 Å². The Bertz CT molecular complexity index is 2690. The molecule has 2 fully saturated rings. The minimum absolute atomic E-state index is 0.00408. The van der Waals surface area contributed by atoms with E-state index in [4.69, 9.17) is 4.99 Å². The van der Waals surface area contributed by atoms with E-state index in [-0.39, 0.29) is 29.1 Å². The number of nitrogens with zero attached hydrogens (tertiary/aromatic N) is 7. The van der Waals surface area contributed by atoms with Gasteiger partial charge in [-0.2, -0.15) is 0 Å². The molecule has 0 amide bonds. The molecule has 3 atom stereocenters. The second-order valence-corrected chi connectivity index (χ2v) is 19.2. The van der Waals surface area contributed by atoms with Crippen molar-refractivity contribution in [3.8, 4) is 10.8 Å². The fourth-order valence-corrected chi connectivity index (χ4v) is 11.7. The Labute approximate surface area is 370 Å². The number of piperidine rings is 1. The van der Waals surface area contributed by atoms with Crippen molar-refractivity contribution in [1.29, 1.82) is 0 Å². The van der Waals surface area contributed by atoms with Gasteiger partial charge in [0.2, 0.25) is 0 Å². The number of aliphatic hydroxyl groups is 1. The van der Waals surface area contributed by atoms with E-state index in [9.17, 15) is 14.6 Å². The highest BCUT2D eigenvalue weighted by Gasteiger charge is 2.38. The number of aliphatic imine (C=N–C) groups is 1. The molecule has 326 valence electrons. The molecule has 3 aliphatic heterocycles. The monoisotopic (exact) mass is 871 g/mol. The van der Waals surface area contributed by atoms with Crippen LogP contribution in [-0.4, -0.2) is 87.0 Å². The van der Waals surface area contributed by atoms with Gasteiger partial charge in [-0.1, -0.05) is 30.3 Å². The lowest BCUT2D eigenvalue weighted by atomic mass is 9.69. The molecule has 9 nitrogen and oxygen atoms in total. The van der Waals surface area contributed by atoms with E-state index in [0.717, 1.165) is 69.0 Å². The summed E-state index contributed by atoms with van der Waals surface area (Å²) in [6.45, 7) is 12.9. The van der Waals surface area contributed by atoms with Crippen LogP contribution < -0.4 is 9.80 Å². The molecule has 2 aromatic heterocycles. The third-order valence-corrected chi connectivity index (χ3v) is 15.3. The van der Waals surface area contributed by atoms with Gasteiger partial charge < -0.3 is 20.0 Å². The topological polar surface area (TPSA) is 93.2 Å². The van der Waals surface area contributed by atoms with Crippen molar-refractivity contribution in [1.82, 2.24) is 19.7 Å². The molecule has 0 radical (unpaired) electrons. The van der Waals surface area contributed by atoms with Crippen LogP contribution >= 0.6 is 11.3 Å². The predicted molar refractivity (Wildman–Crippen MR) is 243 cm³/mol. The Morgan fingerprint density at radius 1 is 0.794 bits per heavy atom. The number of aryl methyl sites for hydroxylation is 3. The number of benzene rings is 4. The number of halogens is 3. The number of hydrogen-bond acceptors (Lipinski definition) is 9. The van der Waals surface area contributed by atoms with Gasteiger partial charge in [0.1, 0.15) is 40.1 Å². The molecule has 1 aliphatic carbocycles. The molecule has 2 N–H and O–H groups in total. The van der Waals surface area contributed by atoms with Crippen molar-refractivity contribution in [3.05, 3.63) is 152 Å². The first-order chi connectivity index (χ1) is 30.3. The summed E-state index contributed by atoms with van der Waals surface area (Å²) < 4.78 is 48.8. The number of thiophene rings is 1. The van der Waals surface area contributed by atoms with E-state index >= 15 is 8.78 Å². The molecule has 0 unspecified atom stereocenters. The molecule has 2 saturated heterocycles. The molecule has 0 saturated carbocycles. The van der Waals surface area contributed by atoms with Crippen LogP contribution in [0.3, 0.4) is 0 Å². The number of aromatic hydroxyl groups is 1. The Balaban J connectivity index is 0.783. The molecule has 4 aliphatic rings. The lowest BCUT2D eigenvalue weighted by Crippen LogP contribution is -2.55. The van der Waals surface area contributed by atoms with Crippen molar-refractivity contribution >= 4 is 28.4 Å². The SMILES string of the molecule is Cc1sc2c(c1C)C(c1ccc(N3CCC(O)(CN4CCN(c5cc(F)c([C@H]6c7ccc(O)cc7CC[C@H]6c6ccc(F)cc6)c(F)c5)CC4)CC3)cc1)=N[C@@H](C)c1nnc(C)n1-2. The minimum Gasteiger partial charge on any atom is -0.508 e. The van der Waals surface area contributed by atoms with Crippen LogP contribution in [0.4, 0.5) is 24.5 Å². The fourth-order valence-electron chi connectivity index (χ4n) is 10.5. The average Bonchev–Trinajstić information content (AvgIpc) is 3.76. The molecule has 10 rings (SSSR count). The van der Waals surface area contributed by atoms with Crippen molar-refractivity contribution in [2.45, 2.75) is 76.9 Å². The summed E-state index contributed by atoms with van der Waals surface area (Å²) in [6.07, 6.45) is 2.51. The number of β-amino-alcohol motifs (C(OH)–C–C–N with tert-alkyl or cyclic N) is 1. The standard InChI is InChI=1S/C50H52F3N7O2S/c1-29-31(3)63-49-44(29)47(54-30(2)48-56-55-32(4)60(48)49)34-7-12-37(13-8-34)58-19-17-50(62,18-20-58)28-57-21-23-59(24-22-57)38-26-42(52)46(43(53)27-38)45-40(33-5-10-36(51)11-6-33)15-9-35-25-39(61)14-16-41(35)45/h5-8,10-14,16,25-27,30,40,45,61-62H,9,15,17-24,28H2,1-4H3/t30-,40-,45+/m0/s1. The molecule has 0 bridgehead atoms. The van der Waals surface area contributed by atoms with Gasteiger partial charge in [-0.3, -0.25) is 14.5 Å². The molecular weight excluding hydrogens is 820 g/mol. The van der Waals surface area contributed by atoms with Gasteiger partial charge in [-0.25, -0.2) is 13.2 Å². The number of hydrogen-bond donors (Lipinski definition) is 2. The van der Waals surface area contributed by atoms with Crippen LogP contribution in [0.1, 0.15) is 99.5 Å². The maximum atomic E-state index is 16.4. The van der Waals surface area contributed by atoms with E-state index in [1.165, 1.54) is 34.7 Å². The first-order valence-electron chi connectivity index (χ1n) is 22.1. The molecule has 6 aromatic rings. The highest BCUT2D eigenvalue weighted by molar-refractivity contribution is 7.15. The van der Waals surface area contributed by atoms with Crippen molar-refractivity contribution in [2.75, 3.05) is 55.6 Å². The van der Waals surface area contributed by atoms with Crippen LogP contribution in [-0.2, 0) is 6.42 Å². The fraction of sp³-hybridized carbons (Fsp3) is 0.380. The average molecular weight is 872 g/mol. The van der Waals surface area contributed by atoms with Crippen LogP contribution in [0.15, 0.2) is 83.9 Å². The van der Waals surface area contributed by atoms with Crippen LogP contribution in [0, 0.1) is 38.2 Å². The highest BCUT2D eigenvalue weighted by Crippen LogP contribution is 2.49. The number of phenols is 1. The van der Waals surface area contributed by atoms with E-state index in [0.29, 0.717) is 64.1 Å². The Hall–Kier alpha value is -5.50. The maximum Gasteiger partial charge on any atom is 0.162 e. The van der Waals surface area contributed by atoms with E-state index in [2.05, 4.69) is 69.6 Å². The molecule has 5 heterocycles. The van der Waals surface area contributed by atoms with Crippen LogP contribution in [0.2, 0.25) is 0 Å². The van der Waals surface area contributed by atoms with Gasteiger partial charge in [0, 0.05) is 84.7 Å². The Kier molecular flexibility index (Phi) is 10.7. The smallest absolute Gasteiger partial charge is 0.162 e. The summed E-state index contributed by atoms with van der Waals surface area (Å²) >= 11 is 1.76. The number of fused-ring (bicyclic) bond motifs is 4. The predicted octanol–water partition coefficient (Wildman–Crippen LogP) is 9.30. The summed E-state index contributed by atoms with van der Waals surface area (Å²) in [5.74, 6) is -0.669. The number of phenolic OH excluding ortho intramolecular Hbond substituents is 1. The summed E-state index contributed by atoms with van der Waals surface area (Å²) in [7, 11) is 0. The van der Waals surface area contributed by atoms with Gasteiger partial charge in [-0.05, 0) is 130 Å². The number of aromatic nitrogens is 3. The van der Waals surface area contributed by atoms with Gasteiger partial charge in [0.05, 0.1) is 11.3 Å². The Morgan fingerprint density at radius 3 is 2.17 bits per heavy atom. The summed E-state index contributed by atoms with van der Waals surface area (Å²) in [6, 6.07) is 22.6. The first kappa shape index (κ1) is 41.5. The van der Waals surface area contributed by atoms with Crippen molar-refractivity contribution in [3.63, 3.8) is 0 Å². The van der Waals surface area contributed by atoms with E-state index < -0.39 is 23.2 Å². The lowest BCUT2D eigenvalue weighted by molar-refractivity contribution is -0.0173. The van der Waals surface area contributed by atoms with Crippen molar-refractivity contribution in [2.24, 2.45) is 4.99 Å². The molecule has 13 heteroatoms. The van der Waals surface area contributed by atoms with Gasteiger partial charge in [0.25, 0.3) is 0 Å². The maximum absolute atomic E-state index is 16.4. The zero-order chi connectivity index (χ0) is 43.7. The van der Waals surface area contributed by atoms with Gasteiger partial charge in [-0.15, -0.1) is 21.5 Å². The number of piperazine rings is 1.